The number of fused-ring (bicyclic) bond motifs is 1. The van der Waals surface area contributed by atoms with Crippen molar-refractivity contribution in [2.24, 2.45) is 0 Å². The van der Waals surface area contributed by atoms with E-state index in [0.29, 0.717) is 25.1 Å². The molecule has 6 nitrogen and oxygen atoms in total. The first-order valence-corrected chi connectivity index (χ1v) is 7.81. The Morgan fingerprint density at radius 2 is 2.00 bits per heavy atom. The molecule has 2 aromatic rings. The van der Waals surface area contributed by atoms with Crippen LogP contribution in [0.1, 0.15) is 10.4 Å². The van der Waals surface area contributed by atoms with Crippen LogP contribution in [0.2, 0.25) is 0 Å². The van der Waals surface area contributed by atoms with Crippen molar-refractivity contribution in [2.45, 2.75) is 6.54 Å². The Morgan fingerprint density at radius 1 is 1.25 bits per heavy atom. The van der Waals surface area contributed by atoms with Crippen LogP contribution in [0.3, 0.4) is 0 Å². The quantitative estimate of drug-likeness (QED) is 0.471. The number of esters is 1. The molecule has 3 rings (SSSR count). The highest BCUT2D eigenvalue weighted by molar-refractivity contribution is 6.43. The second-order valence-corrected chi connectivity index (χ2v) is 5.67. The monoisotopic (exact) mass is 334 g/mol. The van der Waals surface area contributed by atoms with E-state index in [2.05, 4.69) is 9.64 Å². The summed E-state index contributed by atoms with van der Waals surface area (Å²) in [4.78, 5) is 26.0. The van der Waals surface area contributed by atoms with Crippen LogP contribution < -0.4 is 0 Å². The van der Waals surface area contributed by atoms with E-state index in [0.717, 1.165) is 32.3 Å². The zero-order valence-corrected chi connectivity index (χ0v) is 13.5. The van der Waals surface area contributed by atoms with Crippen molar-refractivity contribution in [1.29, 1.82) is 0 Å². The molecule has 1 aliphatic rings. The number of methoxy groups -OCH3 is 1. The number of carbonyl (C=O) groups excluding carboxylic acids is 2. The van der Waals surface area contributed by atoms with Gasteiger partial charge in [-0.25, -0.2) is 9.18 Å². The summed E-state index contributed by atoms with van der Waals surface area (Å²) < 4.78 is 25.3. The number of Topliss-reactive ketones (excluding diaryl/α,β-unsaturated/α-hetero) is 1. The summed E-state index contributed by atoms with van der Waals surface area (Å²) in [6.07, 6.45) is 1.60. The van der Waals surface area contributed by atoms with Gasteiger partial charge in [-0.1, -0.05) is 0 Å². The molecule has 1 aromatic heterocycles. The summed E-state index contributed by atoms with van der Waals surface area (Å²) in [6, 6.07) is 4.24. The fourth-order valence-corrected chi connectivity index (χ4v) is 2.91. The first-order chi connectivity index (χ1) is 11.6. The maximum Gasteiger partial charge on any atom is 0.379 e. The molecule has 0 N–H and O–H groups in total. The second kappa shape index (κ2) is 7.11. The van der Waals surface area contributed by atoms with Crippen molar-refractivity contribution in [3.63, 3.8) is 0 Å². The number of halogens is 1. The van der Waals surface area contributed by atoms with E-state index >= 15 is 0 Å². The fraction of sp³-hybridized carbons (Fsp3) is 0.412. The number of ketones is 1. The van der Waals surface area contributed by atoms with Crippen LogP contribution >= 0.6 is 0 Å². The molecule has 0 spiro atoms. The smallest absolute Gasteiger partial charge is 0.379 e. The van der Waals surface area contributed by atoms with Gasteiger partial charge in [0.15, 0.2) is 0 Å². The average Bonchev–Trinajstić information content (AvgIpc) is 2.97. The van der Waals surface area contributed by atoms with E-state index in [1.54, 1.807) is 12.3 Å². The Hall–Kier alpha value is -2.25. The summed E-state index contributed by atoms with van der Waals surface area (Å²) >= 11 is 0. The zero-order chi connectivity index (χ0) is 17.1. The van der Waals surface area contributed by atoms with Crippen LogP contribution in [0.5, 0.6) is 0 Å². The maximum absolute atomic E-state index is 13.6. The van der Waals surface area contributed by atoms with E-state index in [9.17, 15) is 14.0 Å². The summed E-state index contributed by atoms with van der Waals surface area (Å²) in [6.45, 7) is 4.57. The molecular formula is C17H19FN2O4. The van der Waals surface area contributed by atoms with Gasteiger partial charge in [-0.2, -0.15) is 0 Å². The molecule has 1 saturated heterocycles. The van der Waals surface area contributed by atoms with Gasteiger partial charge < -0.3 is 14.0 Å². The third-order valence-electron chi connectivity index (χ3n) is 4.22. The Bertz CT molecular complexity index is 765. The molecule has 0 bridgehead atoms. The standard InChI is InChI=1S/C17H19FN2O4/c1-23-17(22)16(21)14-11-20(5-4-19-6-8-24-9-7-19)15-3-2-12(18)10-13(14)15/h2-3,10-11H,4-9H2,1H3. The lowest BCUT2D eigenvalue weighted by Crippen LogP contribution is -2.38. The summed E-state index contributed by atoms with van der Waals surface area (Å²) in [5.74, 6) is -2.17. The predicted molar refractivity (Wildman–Crippen MR) is 85.5 cm³/mol. The van der Waals surface area contributed by atoms with Gasteiger partial charge in [-0.3, -0.25) is 9.69 Å². The van der Waals surface area contributed by atoms with Crippen molar-refractivity contribution in [3.8, 4) is 0 Å². The average molecular weight is 334 g/mol. The van der Waals surface area contributed by atoms with E-state index in [1.807, 2.05) is 4.57 Å². The molecule has 7 heteroatoms. The number of rotatable bonds is 5. The predicted octanol–water partition coefficient (Wildman–Crippen LogP) is 1.47. The molecular weight excluding hydrogens is 315 g/mol. The van der Waals surface area contributed by atoms with Gasteiger partial charge in [-0.05, 0) is 18.2 Å². The third-order valence-corrected chi connectivity index (χ3v) is 4.22. The number of morpholine rings is 1. The lowest BCUT2D eigenvalue weighted by molar-refractivity contribution is -0.135. The SMILES string of the molecule is COC(=O)C(=O)c1cn(CCN2CCOCC2)c2ccc(F)cc12. The van der Waals surface area contributed by atoms with E-state index in [-0.39, 0.29) is 5.56 Å². The van der Waals surface area contributed by atoms with E-state index in [1.165, 1.54) is 12.1 Å². The molecule has 128 valence electrons. The number of hydrogen-bond donors (Lipinski definition) is 0. The van der Waals surface area contributed by atoms with Crippen LogP contribution in [-0.2, 0) is 20.8 Å². The lowest BCUT2D eigenvalue weighted by atomic mass is 10.1. The van der Waals surface area contributed by atoms with Gasteiger partial charge in [0, 0.05) is 43.3 Å². The highest BCUT2D eigenvalue weighted by Crippen LogP contribution is 2.23. The molecule has 0 unspecified atom stereocenters. The molecule has 1 fully saturated rings. The Balaban J connectivity index is 1.90. The minimum atomic E-state index is -0.952. The molecule has 0 radical (unpaired) electrons. The first kappa shape index (κ1) is 16.6. The molecule has 0 atom stereocenters. The van der Waals surface area contributed by atoms with E-state index in [4.69, 9.17) is 4.74 Å². The van der Waals surface area contributed by atoms with Crippen molar-refractivity contribution < 1.29 is 23.5 Å². The highest BCUT2D eigenvalue weighted by Gasteiger charge is 2.23. The number of hydrogen-bond acceptors (Lipinski definition) is 5. The summed E-state index contributed by atoms with van der Waals surface area (Å²) in [7, 11) is 1.15. The molecule has 0 saturated carbocycles. The van der Waals surface area contributed by atoms with Crippen molar-refractivity contribution in [1.82, 2.24) is 9.47 Å². The van der Waals surface area contributed by atoms with Crippen molar-refractivity contribution in [3.05, 3.63) is 35.8 Å². The van der Waals surface area contributed by atoms with Crippen molar-refractivity contribution in [2.75, 3.05) is 40.0 Å². The van der Waals surface area contributed by atoms with Gasteiger partial charge in [0.05, 0.1) is 25.9 Å². The van der Waals surface area contributed by atoms with Gasteiger partial charge >= 0.3 is 5.97 Å². The van der Waals surface area contributed by atoms with Crippen molar-refractivity contribution >= 4 is 22.7 Å². The minimum Gasteiger partial charge on any atom is -0.463 e. The topological polar surface area (TPSA) is 60.8 Å². The Labute approximate surface area is 138 Å². The molecule has 1 aromatic carbocycles. The third kappa shape index (κ3) is 3.32. The van der Waals surface area contributed by atoms with Crippen LogP contribution in [0.15, 0.2) is 24.4 Å². The number of carbonyl (C=O) groups is 2. The van der Waals surface area contributed by atoms with Crippen LogP contribution in [0.25, 0.3) is 10.9 Å². The van der Waals surface area contributed by atoms with Gasteiger partial charge in [-0.15, -0.1) is 0 Å². The number of aromatic nitrogens is 1. The molecule has 0 aliphatic carbocycles. The number of benzene rings is 1. The van der Waals surface area contributed by atoms with Crippen LogP contribution in [0, 0.1) is 5.82 Å². The van der Waals surface area contributed by atoms with Crippen LogP contribution in [-0.4, -0.2) is 61.2 Å². The van der Waals surface area contributed by atoms with Gasteiger partial charge in [0.1, 0.15) is 5.82 Å². The Kier molecular flexibility index (Phi) is 4.92. The second-order valence-electron chi connectivity index (χ2n) is 5.67. The molecule has 1 aliphatic heterocycles. The number of nitrogens with zero attached hydrogens (tertiary/aromatic N) is 2. The largest absolute Gasteiger partial charge is 0.463 e. The first-order valence-electron chi connectivity index (χ1n) is 7.81. The van der Waals surface area contributed by atoms with E-state index < -0.39 is 17.6 Å². The maximum atomic E-state index is 13.6. The van der Waals surface area contributed by atoms with Gasteiger partial charge in [0.25, 0.3) is 5.78 Å². The minimum absolute atomic E-state index is 0.165. The number of ether oxygens (including phenoxy) is 2. The Morgan fingerprint density at radius 3 is 2.71 bits per heavy atom. The molecule has 2 heterocycles. The molecule has 24 heavy (non-hydrogen) atoms. The van der Waals surface area contributed by atoms with Gasteiger partial charge in [0.2, 0.25) is 0 Å². The fourth-order valence-electron chi connectivity index (χ4n) is 2.91. The molecule has 0 amide bonds. The summed E-state index contributed by atoms with van der Waals surface area (Å²) in [5.41, 5.74) is 0.884. The highest BCUT2D eigenvalue weighted by atomic mass is 19.1. The normalized spacial score (nSPS) is 15.6. The summed E-state index contributed by atoms with van der Waals surface area (Å²) in [5, 5.41) is 0.423. The van der Waals surface area contributed by atoms with Crippen LogP contribution in [0.4, 0.5) is 4.39 Å². The zero-order valence-electron chi connectivity index (χ0n) is 13.5. The lowest BCUT2D eigenvalue weighted by Gasteiger charge is -2.26.